The van der Waals surface area contributed by atoms with Crippen LogP contribution in [-0.4, -0.2) is 9.97 Å². The number of ether oxygens (including phenoxy) is 1. The van der Waals surface area contributed by atoms with Crippen molar-refractivity contribution in [3.8, 4) is 11.6 Å². The third-order valence-corrected chi connectivity index (χ3v) is 2.31. The highest BCUT2D eigenvalue weighted by atomic mass is 127. The Kier molecular flexibility index (Phi) is 2.93. The molecular formula is C10H7IN2O. The van der Waals surface area contributed by atoms with Gasteiger partial charge in [0, 0.05) is 15.8 Å². The summed E-state index contributed by atoms with van der Waals surface area (Å²) in [5, 5.41) is 0. The Labute approximate surface area is 95.3 Å². The summed E-state index contributed by atoms with van der Waals surface area (Å²) >= 11 is 2.25. The molecule has 0 saturated carbocycles. The molecule has 0 aliphatic rings. The van der Waals surface area contributed by atoms with Crippen LogP contribution in [0, 0.1) is 3.57 Å². The normalized spacial score (nSPS) is 9.79. The number of hydrogen-bond donors (Lipinski definition) is 0. The zero-order valence-corrected chi connectivity index (χ0v) is 9.38. The second-order valence-electron chi connectivity index (χ2n) is 2.60. The number of hydrogen-bond acceptors (Lipinski definition) is 3. The molecule has 0 aliphatic carbocycles. The van der Waals surface area contributed by atoms with Crippen molar-refractivity contribution in [3.05, 3.63) is 46.4 Å². The molecule has 0 radical (unpaired) electrons. The van der Waals surface area contributed by atoms with Gasteiger partial charge in [-0.15, -0.1) is 0 Å². The number of nitrogens with zero attached hydrogens (tertiary/aromatic N) is 2. The van der Waals surface area contributed by atoms with Crippen LogP contribution in [0.5, 0.6) is 11.6 Å². The minimum atomic E-state index is 0.557. The van der Waals surface area contributed by atoms with Crippen LogP contribution in [-0.2, 0) is 0 Å². The van der Waals surface area contributed by atoms with Crippen LogP contribution in [0.15, 0.2) is 42.9 Å². The van der Waals surface area contributed by atoms with Crippen LogP contribution in [0.25, 0.3) is 0 Å². The Morgan fingerprint density at radius 3 is 2.50 bits per heavy atom. The van der Waals surface area contributed by atoms with Crippen LogP contribution < -0.4 is 4.74 Å². The maximum Gasteiger partial charge on any atom is 0.222 e. The Bertz CT molecular complexity index is 402. The van der Waals surface area contributed by atoms with Gasteiger partial charge in [0.25, 0.3) is 0 Å². The Morgan fingerprint density at radius 1 is 1.07 bits per heavy atom. The fourth-order valence-corrected chi connectivity index (χ4v) is 1.32. The predicted molar refractivity (Wildman–Crippen MR) is 61.3 cm³/mol. The topological polar surface area (TPSA) is 35.0 Å². The minimum Gasteiger partial charge on any atom is -0.439 e. The van der Waals surface area contributed by atoms with E-state index in [1.165, 1.54) is 9.90 Å². The molecule has 0 saturated heterocycles. The summed E-state index contributed by atoms with van der Waals surface area (Å²) in [5.41, 5.74) is 0. The molecule has 70 valence electrons. The first-order chi connectivity index (χ1) is 6.84. The SMILES string of the molecule is Ic1ccc(Oc2ccncn2)cc1. The first-order valence-electron chi connectivity index (χ1n) is 4.04. The zero-order chi connectivity index (χ0) is 9.80. The summed E-state index contributed by atoms with van der Waals surface area (Å²) in [4.78, 5) is 7.77. The highest BCUT2D eigenvalue weighted by Gasteiger charge is 1.96. The summed E-state index contributed by atoms with van der Waals surface area (Å²) in [6.07, 6.45) is 3.11. The first kappa shape index (κ1) is 9.39. The van der Waals surface area contributed by atoms with Gasteiger partial charge in [-0.1, -0.05) is 0 Å². The Hall–Kier alpha value is -1.17. The van der Waals surface area contributed by atoms with Gasteiger partial charge in [-0.3, -0.25) is 0 Å². The zero-order valence-electron chi connectivity index (χ0n) is 7.22. The molecule has 2 rings (SSSR count). The van der Waals surface area contributed by atoms with Crippen molar-refractivity contribution in [1.82, 2.24) is 9.97 Å². The van der Waals surface area contributed by atoms with E-state index >= 15 is 0 Å². The highest BCUT2D eigenvalue weighted by molar-refractivity contribution is 14.1. The van der Waals surface area contributed by atoms with Crippen molar-refractivity contribution in [1.29, 1.82) is 0 Å². The molecular weight excluding hydrogens is 291 g/mol. The van der Waals surface area contributed by atoms with Gasteiger partial charge < -0.3 is 4.74 Å². The number of halogens is 1. The molecule has 1 heterocycles. The van der Waals surface area contributed by atoms with E-state index in [0.717, 1.165) is 5.75 Å². The van der Waals surface area contributed by atoms with Crippen molar-refractivity contribution >= 4 is 22.6 Å². The largest absolute Gasteiger partial charge is 0.439 e. The van der Waals surface area contributed by atoms with Crippen molar-refractivity contribution in [3.63, 3.8) is 0 Å². The van der Waals surface area contributed by atoms with Crippen LogP contribution in [0.3, 0.4) is 0 Å². The molecule has 0 fully saturated rings. The maximum atomic E-state index is 5.48. The highest BCUT2D eigenvalue weighted by Crippen LogP contribution is 2.19. The molecule has 0 atom stereocenters. The summed E-state index contributed by atoms with van der Waals surface area (Å²) in [6, 6.07) is 9.50. The second-order valence-corrected chi connectivity index (χ2v) is 3.85. The second kappa shape index (κ2) is 4.36. The van der Waals surface area contributed by atoms with Gasteiger partial charge in [0.1, 0.15) is 12.1 Å². The van der Waals surface area contributed by atoms with Crippen LogP contribution in [0.2, 0.25) is 0 Å². The van der Waals surface area contributed by atoms with Gasteiger partial charge in [-0.2, -0.15) is 0 Å². The Morgan fingerprint density at radius 2 is 1.86 bits per heavy atom. The van der Waals surface area contributed by atoms with Crippen molar-refractivity contribution in [2.24, 2.45) is 0 Å². The number of aromatic nitrogens is 2. The molecule has 0 unspecified atom stereocenters. The lowest BCUT2D eigenvalue weighted by atomic mass is 10.3. The minimum absolute atomic E-state index is 0.557. The van der Waals surface area contributed by atoms with Crippen molar-refractivity contribution in [2.75, 3.05) is 0 Å². The summed E-state index contributed by atoms with van der Waals surface area (Å²) < 4.78 is 6.66. The van der Waals surface area contributed by atoms with Gasteiger partial charge in [0.2, 0.25) is 5.88 Å². The van der Waals surface area contributed by atoms with E-state index in [0.29, 0.717) is 5.88 Å². The van der Waals surface area contributed by atoms with Crippen LogP contribution in [0.4, 0.5) is 0 Å². The fourth-order valence-electron chi connectivity index (χ4n) is 0.962. The molecule has 4 heteroatoms. The monoisotopic (exact) mass is 298 g/mol. The Balaban J connectivity index is 2.16. The van der Waals surface area contributed by atoms with Gasteiger partial charge in [-0.25, -0.2) is 9.97 Å². The smallest absolute Gasteiger partial charge is 0.222 e. The summed E-state index contributed by atoms with van der Waals surface area (Å²) in [6.45, 7) is 0. The van der Waals surface area contributed by atoms with Crippen LogP contribution in [0.1, 0.15) is 0 Å². The predicted octanol–water partition coefficient (Wildman–Crippen LogP) is 2.87. The third kappa shape index (κ3) is 2.41. The lowest BCUT2D eigenvalue weighted by Crippen LogP contribution is -1.87. The molecule has 0 aliphatic heterocycles. The van der Waals surface area contributed by atoms with Crippen molar-refractivity contribution < 1.29 is 4.74 Å². The summed E-state index contributed by atoms with van der Waals surface area (Å²) in [7, 11) is 0. The van der Waals surface area contributed by atoms with E-state index in [-0.39, 0.29) is 0 Å². The number of rotatable bonds is 2. The standard InChI is InChI=1S/C10H7IN2O/c11-8-1-3-9(4-2-8)14-10-5-6-12-7-13-10/h1-7H. The molecule has 1 aromatic heterocycles. The van der Waals surface area contributed by atoms with E-state index in [2.05, 4.69) is 32.6 Å². The molecule has 0 N–H and O–H groups in total. The molecule has 0 amide bonds. The van der Waals surface area contributed by atoms with Gasteiger partial charge in [0.05, 0.1) is 0 Å². The fraction of sp³-hybridized carbons (Fsp3) is 0. The molecule has 2 aromatic rings. The van der Waals surface area contributed by atoms with Gasteiger partial charge >= 0.3 is 0 Å². The molecule has 0 spiro atoms. The average Bonchev–Trinajstić information content (AvgIpc) is 2.23. The molecule has 1 aromatic carbocycles. The van der Waals surface area contributed by atoms with E-state index in [1.807, 2.05) is 24.3 Å². The van der Waals surface area contributed by atoms with Gasteiger partial charge in [-0.05, 0) is 46.9 Å². The molecule has 14 heavy (non-hydrogen) atoms. The lowest BCUT2D eigenvalue weighted by molar-refractivity contribution is 0.461. The molecule has 0 bridgehead atoms. The average molecular weight is 298 g/mol. The van der Waals surface area contributed by atoms with Gasteiger partial charge in [0.15, 0.2) is 0 Å². The third-order valence-electron chi connectivity index (χ3n) is 1.59. The van der Waals surface area contributed by atoms with E-state index < -0.39 is 0 Å². The maximum absolute atomic E-state index is 5.48. The van der Waals surface area contributed by atoms with E-state index in [1.54, 1.807) is 12.3 Å². The first-order valence-corrected chi connectivity index (χ1v) is 5.12. The van der Waals surface area contributed by atoms with Crippen molar-refractivity contribution in [2.45, 2.75) is 0 Å². The molecule has 3 nitrogen and oxygen atoms in total. The van der Waals surface area contributed by atoms with Crippen LogP contribution >= 0.6 is 22.6 Å². The lowest BCUT2D eigenvalue weighted by Gasteiger charge is -2.02. The summed E-state index contributed by atoms with van der Waals surface area (Å²) in [5.74, 6) is 1.34. The van der Waals surface area contributed by atoms with E-state index in [4.69, 9.17) is 4.74 Å². The number of benzene rings is 1. The van der Waals surface area contributed by atoms with E-state index in [9.17, 15) is 0 Å². The quantitative estimate of drug-likeness (QED) is 0.800.